The number of hydrogen-bond donors (Lipinski definition) is 2. The van der Waals surface area contributed by atoms with Gasteiger partial charge in [0.25, 0.3) is 5.91 Å². The largest absolute Gasteiger partial charge is 0.398 e. The molecule has 0 aliphatic rings. The summed E-state index contributed by atoms with van der Waals surface area (Å²) in [6.07, 6.45) is 0. The first-order valence-corrected chi connectivity index (χ1v) is 6.71. The third kappa shape index (κ3) is 2.96. The lowest BCUT2D eigenvalue weighted by molar-refractivity contribution is 0.102. The number of benzene rings is 2. The van der Waals surface area contributed by atoms with Crippen molar-refractivity contribution in [1.29, 1.82) is 0 Å². The van der Waals surface area contributed by atoms with Crippen molar-refractivity contribution in [3.63, 3.8) is 0 Å². The number of nitrogens with one attached hydrogen (secondary N) is 1. The summed E-state index contributed by atoms with van der Waals surface area (Å²) >= 11 is 3.44. The number of amides is 1. The van der Waals surface area contributed by atoms with Gasteiger partial charge in [0.1, 0.15) is 0 Å². The molecule has 0 fully saturated rings. The van der Waals surface area contributed by atoms with Crippen molar-refractivity contribution in [2.75, 3.05) is 11.1 Å². The molecule has 0 heterocycles. The van der Waals surface area contributed by atoms with Crippen LogP contribution >= 0.6 is 15.9 Å². The molecular formula is C15H15BrN2O. The van der Waals surface area contributed by atoms with Crippen LogP contribution in [0.4, 0.5) is 11.4 Å². The minimum absolute atomic E-state index is 0.158. The van der Waals surface area contributed by atoms with Crippen molar-refractivity contribution < 1.29 is 4.79 Å². The smallest absolute Gasteiger partial charge is 0.256 e. The van der Waals surface area contributed by atoms with E-state index >= 15 is 0 Å². The van der Waals surface area contributed by atoms with Gasteiger partial charge in [-0.15, -0.1) is 0 Å². The highest BCUT2D eigenvalue weighted by Crippen LogP contribution is 2.25. The Hall–Kier alpha value is -1.81. The molecule has 19 heavy (non-hydrogen) atoms. The fourth-order valence-corrected chi connectivity index (χ4v) is 2.40. The van der Waals surface area contributed by atoms with E-state index in [1.807, 2.05) is 32.0 Å². The van der Waals surface area contributed by atoms with Crippen molar-refractivity contribution >= 4 is 33.2 Å². The van der Waals surface area contributed by atoms with Crippen LogP contribution in [0.5, 0.6) is 0 Å². The highest BCUT2D eigenvalue weighted by Gasteiger charge is 2.12. The summed E-state index contributed by atoms with van der Waals surface area (Å²) in [4.78, 5) is 12.2. The van der Waals surface area contributed by atoms with Gasteiger partial charge >= 0.3 is 0 Å². The molecule has 0 spiro atoms. The van der Waals surface area contributed by atoms with E-state index in [4.69, 9.17) is 5.73 Å². The van der Waals surface area contributed by atoms with Gasteiger partial charge in [0.05, 0.1) is 5.69 Å². The summed E-state index contributed by atoms with van der Waals surface area (Å²) in [6, 6.07) is 11.1. The van der Waals surface area contributed by atoms with E-state index in [-0.39, 0.29) is 5.91 Å². The lowest BCUT2D eigenvalue weighted by Gasteiger charge is -2.11. The number of hydrogen-bond acceptors (Lipinski definition) is 2. The summed E-state index contributed by atoms with van der Waals surface area (Å²) in [6.45, 7) is 3.84. The number of nitrogen functional groups attached to an aromatic ring is 1. The quantitative estimate of drug-likeness (QED) is 0.825. The molecule has 0 radical (unpaired) electrons. The maximum atomic E-state index is 12.2. The number of carbonyl (C=O) groups excluding carboxylic acids is 1. The second-order valence-corrected chi connectivity index (χ2v) is 5.31. The van der Waals surface area contributed by atoms with Crippen LogP contribution in [0.25, 0.3) is 0 Å². The highest BCUT2D eigenvalue weighted by atomic mass is 79.9. The number of rotatable bonds is 2. The van der Waals surface area contributed by atoms with Crippen LogP contribution in [0.15, 0.2) is 40.9 Å². The number of carbonyl (C=O) groups is 1. The number of nitrogens with two attached hydrogens (primary N) is 1. The molecule has 1 amide bonds. The van der Waals surface area contributed by atoms with Gasteiger partial charge in [-0.25, -0.2) is 0 Å². The van der Waals surface area contributed by atoms with Crippen LogP contribution in [0.1, 0.15) is 21.5 Å². The Bertz CT molecular complexity index is 638. The molecule has 4 heteroatoms. The zero-order chi connectivity index (χ0) is 14.0. The van der Waals surface area contributed by atoms with Crippen molar-refractivity contribution in [1.82, 2.24) is 0 Å². The molecule has 0 aliphatic heterocycles. The lowest BCUT2D eigenvalue weighted by Crippen LogP contribution is -2.14. The zero-order valence-corrected chi connectivity index (χ0v) is 12.4. The molecule has 0 aromatic heterocycles. The van der Waals surface area contributed by atoms with E-state index in [0.29, 0.717) is 11.3 Å². The molecule has 0 atom stereocenters. The van der Waals surface area contributed by atoms with E-state index in [2.05, 4.69) is 21.2 Å². The Balaban J connectivity index is 2.28. The maximum Gasteiger partial charge on any atom is 0.256 e. The normalized spacial score (nSPS) is 10.3. The Morgan fingerprint density at radius 2 is 1.95 bits per heavy atom. The molecular weight excluding hydrogens is 304 g/mol. The Morgan fingerprint density at radius 3 is 2.63 bits per heavy atom. The van der Waals surface area contributed by atoms with Crippen molar-refractivity contribution in [2.24, 2.45) is 0 Å². The van der Waals surface area contributed by atoms with Gasteiger partial charge in [-0.3, -0.25) is 4.79 Å². The van der Waals surface area contributed by atoms with E-state index in [1.165, 1.54) is 0 Å². The van der Waals surface area contributed by atoms with Crippen LogP contribution in [0, 0.1) is 13.8 Å². The van der Waals surface area contributed by atoms with E-state index in [1.54, 1.807) is 18.2 Å². The third-order valence-corrected chi connectivity index (χ3v) is 3.65. The van der Waals surface area contributed by atoms with E-state index in [9.17, 15) is 4.79 Å². The predicted octanol–water partition coefficient (Wildman–Crippen LogP) is 3.90. The molecule has 0 unspecified atom stereocenters. The average molecular weight is 319 g/mol. The van der Waals surface area contributed by atoms with E-state index < -0.39 is 0 Å². The molecule has 0 saturated carbocycles. The second kappa shape index (κ2) is 5.45. The van der Waals surface area contributed by atoms with Gasteiger partial charge in [0.15, 0.2) is 0 Å². The standard InChI is InChI=1S/C15H15BrN2O/c1-9-6-7-14(12(16)8-9)18-15(19)11-4-3-5-13(17)10(11)2/h3-8H,17H2,1-2H3,(H,18,19). The minimum atomic E-state index is -0.158. The molecule has 0 aliphatic carbocycles. The molecule has 0 bridgehead atoms. The van der Waals surface area contributed by atoms with Crippen molar-refractivity contribution in [3.05, 3.63) is 57.6 Å². The highest BCUT2D eigenvalue weighted by molar-refractivity contribution is 9.10. The molecule has 2 rings (SSSR count). The molecule has 3 nitrogen and oxygen atoms in total. The molecule has 98 valence electrons. The summed E-state index contributed by atoms with van der Waals surface area (Å²) in [5.41, 5.74) is 9.70. The second-order valence-electron chi connectivity index (χ2n) is 4.46. The van der Waals surface area contributed by atoms with Gasteiger partial charge in [-0.2, -0.15) is 0 Å². The predicted molar refractivity (Wildman–Crippen MR) is 82.4 cm³/mol. The van der Waals surface area contributed by atoms with Gasteiger partial charge in [0.2, 0.25) is 0 Å². The van der Waals surface area contributed by atoms with Gasteiger partial charge in [-0.1, -0.05) is 12.1 Å². The fraction of sp³-hybridized carbons (Fsp3) is 0.133. The summed E-state index contributed by atoms with van der Waals surface area (Å²) < 4.78 is 0.863. The molecule has 3 N–H and O–H groups in total. The SMILES string of the molecule is Cc1ccc(NC(=O)c2cccc(N)c2C)c(Br)c1. The van der Waals surface area contributed by atoms with Crippen LogP contribution in [0.2, 0.25) is 0 Å². The van der Waals surface area contributed by atoms with Gasteiger partial charge < -0.3 is 11.1 Å². The fourth-order valence-electron chi connectivity index (χ4n) is 1.81. The van der Waals surface area contributed by atoms with Crippen LogP contribution in [0.3, 0.4) is 0 Å². The summed E-state index contributed by atoms with van der Waals surface area (Å²) in [7, 11) is 0. The first kappa shape index (κ1) is 13.6. The number of aryl methyl sites for hydroxylation is 1. The third-order valence-electron chi connectivity index (χ3n) is 2.99. The first-order valence-electron chi connectivity index (χ1n) is 5.91. The van der Waals surface area contributed by atoms with Gasteiger partial charge in [0, 0.05) is 15.7 Å². The monoisotopic (exact) mass is 318 g/mol. The summed E-state index contributed by atoms with van der Waals surface area (Å²) in [5.74, 6) is -0.158. The molecule has 0 saturated heterocycles. The van der Waals surface area contributed by atoms with Crippen LogP contribution < -0.4 is 11.1 Å². The van der Waals surface area contributed by atoms with Crippen LogP contribution in [-0.2, 0) is 0 Å². The number of anilines is 2. The topological polar surface area (TPSA) is 55.1 Å². The van der Waals surface area contributed by atoms with Crippen LogP contribution in [-0.4, -0.2) is 5.91 Å². The Kier molecular flexibility index (Phi) is 3.90. The van der Waals surface area contributed by atoms with Gasteiger partial charge in [-0.05, 0) is 65.2 Å². The zero-order valence-electron chi connectivity index (χ0n) is 10.8. The first-order chi connectivity index (χ1) is 8.99. The van der Waals surface area contributed by atoms with Crippen molar-refractivity contribution in [2.45, 2.75) is 13.8 Å². The molecule has 2 aromatic carbocycles. The summed E-state index contributed by atoms with van der Waals surface area (Å²) in [5, 5.41) is 2.88. The molecule has 2 aromatic rings. The Labute approximate surface area is 121 Å². The van der Waals surface area contributed by atoms with Crippen molar-refractivity contribution in [3.8, 4) is 0 Å². The van der Waals surface area contributed by atoms with E-state index in [0.717, 1.165) is 21.3 Å². The number of halogens is 1. The Morgan fingerprint density at radius 1 is 1.21 bits per heavy atom. The minimum Gasteiger partial charge on any atom is -0.398 e. The average Bonchev–Trinajstić information content (AvgIpc) is 2.36. The lowest BCUT2D eigenvalue weighted by atomic mass is 10.1. The maximum absolute atomic E-state index is 12.2.